The molecule has 0 aliphatic rings. The van der Waals surface area contributed by atoms with E-state index in [1.165, 1.54) is 12.2 Å². The molecule has 12 nitrogen and oxygen atoms in total. The van der Waals surface area contributed by atoms with Gasteiger partial charge in [0.15, 0.2) is 0 Å². The summed E-state index contributed by atoms with van der Waals surface area (Å²) in [6.07, 6.45) is 2.11. The van der Waals surface area contributed by atoms with Crippen molar-refractivity contribution in [2.75, 3.05) is 6.61 Å². The molecular formula is C52H55N5O7. The van der Waals surface area contributed by atoms with Crippen LogP contribution in [0.2, 0.25) is 0 Å². The van der Waals surface area contributed by atoms with E-state index >= 15 is 0 Å². The molecule has 0 radical (unpaired) electrons. The van der Waals surface area contributed by atoms with E-state index in [0.29, 0.717) is 11.1 Å². The highest BCUT2D eigenvalue weighted by Crippen LogP contribution is 2.37. The number of hydrogen-bond donors (Lipinski definition) is 4. The average Bonchev–Trinajstić information content (AvgIpc) is 3.31. The van der Waals surface area contributed by atoms with Crippen molar-refractivity contribution >= 4 is 29.8 Å². The Morgan fingerprint density at radius 3 is 1.70 bits per heavy atom. The maximum absolute atomic E-state index is 14.4. The van der Waals surface area contributed by atoms with E-state index < -0.39 is 47.5 Å². The van der Waals surface area contributed by atoms with Crippen LogP contribution in [0.1, 0.15) is 73.4 Å². The zero-order chi connectivity index (χ0) is 45.7. The maximum atomic E-state index is 14.4. The van der Waals surface area contributed by atoms with Crippen LogP contribution in [0.4, 0.5) is 4.79 Å². The molecule has 0 aliphatic carbocycles. The number of esters is 1. The van der Waals surface area contributed by atoms with E-state index in [2.05, 4.69) is 27.3 Å². The number of nitrogens with one attached hydrogen (secondary N) is 4. The topological polar surface area (TPSA) is 176 Å². The summed E-state index contributed by atoms with van der Waals surface area (Å²) in [7, 11) is 0. The summed E-state index contributed by atoms with van der Waals surface area (Å²) in [6.45, 7) is 5.61. The largest absolute Gasteiger partial charge is 0.463 e. The summed E-state index contributed by atoms with van der Waals surface area (Å²) < 4.78 is 10.5. The zero-order valence-corrected chi connectivity index (χ0v) is 36.4. The number of hydrogen-bond acceptors (Lipinski definition) is 8. The summed E-state index contributed by atoms with van der Waals surface area (Å²) in [4.78, 5) is 68.2. The number of nitrogens with zero attached hydrogens (tertiary/aromatic N) is 1. The SMILES string of the molecule is CCOC(=O)/C=C/[C@H](CCC(=O)NC(c1ccccc1)(c1ccccc1)c1ccccc1)NC(=O)[C@H](Cc1ccc(C#N)cc1)NC(=O)[C@H](CC(C)C)NC(=O)OCc1ccccc1. The number of nitriles is 1. The van der Waals surface area contributed by atoms with Crippen LogP contribution in [0, 0.1) is 17.2 Å². The summed E-state index contributed by atoms with van der Waals surface area (Å²) in [6, 6.07) is 43.7. The van der Waals surface area contributed by atoms with Crippen molar-refractivity contribution in [2.45, 2.75) is 76.7 Å². The molecule has 5 rings (SSSR count). The molecule has 3 atom stereocenters. The van der Waals surface area contributed by atoms with Crippen molar-refractivity contribution in [1.82, 2.24) is 21.3 Å². The molecule has 12 heteroatoms. The van der Waals surface area contributed by atoms with E-state index in [0.717, 1.165) is 22.3 Å². The summed E-state index contributed by atoms with van der Waals surface area (Å²) in [5.74, 6) is -2.21. The summed E-state index contributed by atoms with van der Waals surface area (Å²) in [5, 5.41) is 21.2. The monoisotopic (exact) mass is 861 g/mol. The van der Waals surface area contributed by atoms with E-state index in [4.69, 9.17) is 9.47 Å². The molecule has 0 bridgehead atoms. The van der Waals surface area contributed by atoms with Gasteiger partial charge in [-0.25, -0.2) is 9.59 Å². The lowest BCUT2D eigenvalue weighted by atomic mass is 9.77. The van der Waals surface area contributed by atoms with Gasteiger partial charge >= 0.3 is 12.1 Å². The Bertz CT molecular complexity index is 2250. The van der Waals surface area contributed by atoms with Crippen molar-refractivity contribution in [1.29, 1.82) is 5.26 Å². The van der Waals surface area contributed by atoms with Crippen molar-refractivity contribution in [2.24, 2.45) is 5.92 Å². The van der Waals surface area contributed by atoms with Gasteiger partial charge in [0.25, 0.3) is 0 Å². The lowest BCUT2D eigenvalue weighted by molar-refractivity contribution is -0.137. The number of carbonyl (C=O) groups excluding carboxylic acids is 5. The highest BCUT2D eigenvalue weighted by Gasteiger charge is 2.38. The molecule has 0 unspecified atom stereocenters. The van der Waals surface area contributed by atoms with Gasteiger partial charge in [0, 0.05) is 25.0 Å². The highest BCUT2D eigenvalue weighted by molar-refractivity contribution is 5.92. The van der Waals surface area contributed by atoms with E-state index in [9.17, 15) is 29.2 Å². The molecule has 5 aromatic rings. The third-order valence-electron chi connectivity index (χ3n) is 10.4. The van der Waals surface area contributed by atoms with Gasteiger partial charge in [-0.3, -0.25) is 14.4 Å². The Kier molecular flexibility index (Phi) is 18.0. The molecule has 4 amide bonds. The van der Waals surface area contributed by atoms with Crippen LogP contribution in [0.15, 0.2) is 158 Å². The molecule has 5 aromatic carbocycles. The Hall–Kier alpha value is -7.52. The maximum Gasteiger partial charge on any atom is 0.408 e. The van der Waals surface area contributed by atoms with Crippen LogP contribution in [0.25, 0.3) is 0 Å². The normalized spacial score (nSPS) is 12.5. The molecule has 0 fully saturated rings. The molecule has 0 aliphatic heterocycles. The second-order valence-corrected chi connectivity index (χ2v) is 15.6. The molecule has 0 saturated heterocycles. The van der Waals surface area contributed by atoms with Crippen LogP contribution in [0.5, 0.6) is 0 Å². The molecule has 0 heterocycles. The minimum absolute atomic E-state index is 0.00308. The van der Waals surface area contributed by atoms with Crippen molar-refractivity contribution in [3.8, 4) is 6.07 Å². The second-order valence-electron chi connectivity index (χ2n) is 15.6. The van der Waals surface area contributed by atoms with Crippen LogP contribution in [0.3, 0.4) is 0 Å². The van der Waals surface area contributed by atoms with Crippen LogP contribution < -0.4 is 21.3 Å². The van der Waals surface area contributed by atoms with Crippen molar-refractivity contribution in [3.63, 3.8) is 0 Å². The minimum Gasteiger partial charge on any atom is -0.463 e. The van der Waals surface area contributed by atoms with Gasteiger partial charge in [0.1, 0.15) is 24.2 Å². The van der Waals surface area contributed by atoms with Gasteiger partial charge in [-0.15, -0.1) is 0 Å². The first-order chi connectivity index (χ1) is 31.0. The lowest BCUT2D eigenvalue weighted by Crippen LogP contribution is -2.55. The first kappa shape index (κ1) is 47.5. The molecule has 0 spiro atoms. The average molecular weight is 862 g/mol. The fraction of sp³-hybridized carbons (Fsp3) is 0.269. The number of ether oxygens (including phenoxy) is 2. The van der Waals surface area contributed by atoms with Crippen LogP contribution in [-0.2, 0) is 47.2 Å². The highest BCUT2D eigenvalue weighted by atomic mass is 16.5. The summed E-state index contributed by atoms with van der Waals surface area (Å²) in [5.41, 5.74) is 3.27. The predicted octanol–water partition coefficient (Wildman–Crippen LogP) is 7.42. The Morgan fingerprint density at radius 2 is 1.19 bits per heavy atom. The van der Waals surface area contributed by atoms with Gasteiger partial charge in [0.05, 0.1) is 18.2 Å². The quantitative estimate of drug-likeness (QED) is 0.0335. The van der Waals surface area contributed by atoms with E-state index in [1.807, 2.05) is 135 Å². The second kappa shape index (κ2) is 24.2. The van der Waals surface area contributed by atoms with Gasteiger partial charge in [-0.05, 0) is 65.6 Å². The zero-order valence-electron chi connectivity index (χ0n) is 36.4. The Morgan fingerprint density at radius 1 is 0.656 bits per heavy atom. The number of benzene rings is 5. The minimum atomic E-state index is -1.19. The molecule has 0 aromatic heterocycles. The van der Waals surface area contributed by atoms with Gasteiger partial charge in [-0.1, -0.05) is 153 Å². The smallest absolute Gasteiger partial charge is 0.408 e. The van der Waals surface area contributed by atoms with Crippen LogP contribution in [-0.4, -0.2) is 54.5 Å². The van der Waals surface area contributed by atoms with Crippen molar-refractivity contribution < 1.29 is 33.4 Å². The standard InChI is InChI=1S/C52H55N5O7/c1-4-63-48(59)32-30-44(29-31-47(58)57-52(41-19-11-6-12-20-41,42-21-13-7-14-22-42)43-23-15-8-16-24-43)54-49(60)46(34-38-25-27-39(35-53)28-26-38)55-50(61)45(33-37(2)3)56-51(62)64-36-40-17-9-5-10-18-40/h5-28,30,32,37,44-46H,4,29,31,33-34,36H2,1-3H3,(H,54,60)(H,55,61)(H,56,62)(H,57,58)/b32-30+/t44-,45-,46-/m0/s1. The number of amides is 4. The van der Waals surface area contributed by atoms with Crippen LogP contribution >= 0.6 is 0 Å². The molecule has 0 saturated carbocycles. The number of carbonyl (C=O) groups is 5. The third kappa shape index (κ3) is 14.0. The van der Waals surface area contributed by atoms with E-state index in [-0.39, 0.29) is 50.7 Å². The lowest BCUT2D eigenvalue weighted by Gasteiger charge is -2.37. The molecule has 4 N–H and O–H groups in total. The summed E-state index contributed by atoms with van der Waals surface area (Å²) >= 11 is 0. The molecule has 64 heavy (non-hydrogen) atoms. The predicted molar refractivity (Wildman–Crippen MR) is 244 cm³/mol. The molecule has 330 valence electrons. The third-order valence-corrected chi connectivity index (χ3v) is 10.4. The number of rotatable bonds is 21. The first-order valence-electron chi connectivity index (χ1n) is 21.4. The van der Waals surface area contributed by atoms with Gasteiger partial charge in [0.2, 0.25) is 17.7 Å². The number of alkyl carbamates (subject to hydrolysis) is 1. The van der Waals surface area contributed by atoms with Gasteiger partial charge in [-0.2, -0.15) is 5.26 Å². The fourth-order valence-corrected chi connectivity index (χ4v) is 7.27. The van der Waals surface area contributed by atoms with Crippen molar-refractivity contribution in [3.05, 3.63) is 191 Å². The first-order valence-corrected chi connectivity index (χ1v) is 21.4. The Balaban J connectivity index is 1.40. The molecular weight excluding hydrogens is 807 g/mol. The fourth-order valence-electron chi connectivity index (χ4n) is 7.27. The van der Waals surface area contributed by atoms with E-state index in [1.54, 1.807) is 31.2 Å². The Labute approximate surface area is 375 Å². The van der Waals surface area contributed by atoms with Gasteiger partial charge < -0.3 is 30.7 Å².